The number of carbonyl (C=O) groups is 1. The van der Waals surface area contributed by atoms with Crippen LogP contribution in [0.4, 0.5) is 5.69 Å². The molecular weight excluding hydrogens is 364 g/mol. The largest absolute Gasteiger partial charge is 0.450 e. The molecule has 2 heterocycles. The van der Waals surface area contributed by atoms with Gasteiger partial charge in [0.05, 0.1) is 10.6 Å². The number of carbonyl (C=O) groups excluding carboxylic acids is 1. The fourth-order valence-corrected chi connectivity index (χ4v) is 3.07. The number of amides is 1. The van der Waals surface area contributed by atoms with Crippen LogP contribution in [0.5, 0.6) is 0 Å². The molecule has 6 heteroatoms. The topological polar surface area (TPSA) is 54.6 Å². The highest BCUT2D eigenvalue weighted by Gasteiger charge is 2.24. The lowest BCUT2D eigenvalue weighted by Gasteiger charge is -2.01. The highest BCUT2D eigenvalue weighted by atomic mass is 79.9. The van der Waals surface area contributed by atoms with Gasteiger partial charge < -0.3 is 9.73 Å². The summed E-state index contributed by atoms with van der Waals surface area (Å²) >= 11 is 4.54. The molecule has 4 nitrogen and oxygen atoms in total. The van der Waals surface area contributed by atoms with Crippen molar-refractivity contribution in [3.05, 3.63) is 56.8 Å². The van der Waals surface area contributed by atoms with Crippen LogP contribution in [0, 0.1) is 13.8 Å². The normalized spacial score (nSPS) is 18.2. The fraction of sp³-hybridized carbons (Fsp3) is 0.125. The Hall–Kier alpha value is -1.79. The zero-order chi connectivity index (χ0) is 15.7. The van der Waals surface area contributed by atoms with E-state index in [2.05, 4.69) is 33.2 Å². The zero-order valence-corrected chi connectivity index (χ0v) is 14.4. The van der Waals surface area contributed by atoms with Crippen LogP contribution in [0.15, 0.2) is 49.3 Å². The average Bonchev–Trinajstić information content (AvgIpc) is 3.01. The second-order valence-electron chi connectivity index (χ2n) is 4.89. The van der Waals surface area contributed by atoms with E-state index in [1.54, 1.807) is 18.2 Å². The molecular formula is C16H13BrN2O2S. The molecule has 0 radical (unpaired) electrons. The van der Waals surface area contributed by atoms with Crippen LogP contribution in [0.1, 0.15) is 16.9 Å². The molecule has 22 heavy (non-hydrogen) atoms. The lowest BCUT2D eigenvalue weighted by Crippen LogP contribution is -2.19. The van der Waals surface area contributed by atoms with E-state index in [1.165, 1.54) is 22.9 Å². The van der Waals surface area contributed by atoms with Gasteiger partial charge in [0, 0.05) is 6.08 Å². The lowest BCUT2D eigenvalue weighted by atomic mass is 10.1. The van der Waals surface area contributed by atoms with E-state index in [0.717, 1.165) is 5.69 Å². The summed E-state index contributed by atoms with van der Waals surface area (Å²) in [5.74, 6) is 0.456. The molecule has 1 saturated heterocycles. The van der Waals surface area contributed by atoms with Crippen LogP contribution in [-0.4, -0.2) is 11.1 Å². The SMILES string of the molecule is Cc1ccc(N=C2NC(=O)C(=Cc3ccc(Br)o3)S2)cc1C. The van der Waals surface area contributed by atoms with Gasteiger partial charge in [-0.05, 0) is 76.9 Å². The number of thioether (sulfide) groups is 1. The Bertz CT molecular complexity index is 808. The molecule has 2 aromatic rings. The summed E-state index contributed by atoms with van der Waals surface area (Å²) in [7, 11) is 0. The Morgan fingerprint density at radius 1 is 1.23 bits per heavy atom. The predicted octanol–water partition coefficient (Wildman–Crippen LogP) is 4.55. The van der Waals surface area contributed by atoms with Gasteiger partial charge in [-0.2, -0.15) is 0 Å². The summed E-state index contributed by atoms with van der Waals surface area (Å²) in [5, 5.41) is 3.34. The average molecular weight is 377 g/mol. The lowest BCUT2D eigenvalue weighted by molar-refractivity contribution is -0.115. The van der Waals surface area contributed by atoms with Crippen molar-refractivity contribution in [2.24, 2.45) is 4.99 Å². The number of aliphatic imine (C=N–C) groups is 1. The highest BCUT2D eigenvalue weighted by molar-refractivity contribution is 9.10. The number of nitrogens with zero attached hydrogens (tertiary/aromatic N) is 1. The smallest absolute Gasteiger partial charge is 0.264 e. The van der Waals surface area contributed by atoms with Crippen LogP contribution < -0.4 is 5.32 Å². The molecule has 1 fully saturated rings. The van der Waals surface area contributed by atoms with Crippen molar-refractivity contribution in [3.63, 3.8) is 0 Å². The summed E-state index contributed by atoms with van der Waals surface area (Å²) < 4.78 is 6.01. The van der Waals surface area contributed by atoms with Crippen molar-refractivity contribution in [2.75, 3.05) is 0 Å². The number of aryl methyl sites for hydroxylation is 2. The van der Waals surface area contributed by atoms with E-state index in [1.807, 2.05) is 25.1 Å². The van der Waals surface area contributed by atoms with Gasteiger partial charge >= 0.3 is 0 Å². The van der Waals surface area contributed by atoms with E-state index in [4.69, 9.17) is 4.42 Å². The first-order valence-corrected chi connectivity index (χ1v) is 8.24. The van der Waals surface area contributed by atoms with Crippen molar-refractivity contribution in [2.45, 2.75) is 13.8 Å². The maximum absolute atomic E-state index is 12.0. The third-order valence-corrected chi connectivity index (χ3v) is 4.58. The second kappa shape index (κ2) is 6.14. The molecule has 1 aromatic carbocycles. The monoisotopic (exact) mass is 376 g/mol. The van der Waals surface area contributed by atoms with Gasteiger partial charge in [0.1, 0.15) is 5.76 Å². The number of hydrogen-bond acceptors (Lipinski definition) is 4. The Morgan fingerprint density at radius 2 is 2.05 bits per heavy atom. The van der Waals surface area contributed by atoms with Gasteiger partial charge in [-0.25, -0.2) is 4.99 Å². The molecule has 1 amide bonds. The summed E-state index contributed by atoms with van der Waals surface area (Å²) in [5.41, 5.74) is 3.22. The Labute approximate surface area is 140 Å². The van der Waals surface area contributed by atoms with Crippen molar-refractivity contribution < 1.29 is 9.21 Å². The van der Waals surface area contributed by atoms with Gasteiger partial charge in [0.25, 0.3) is 5.91 Å². The van der Waals surface area contributed by atoms with Gasteiger partial charge in [0.2, 0.25) is 0 Å². The molecule has 3 rings (SSSR count). The Balaban J connectivity index is 1.83. The zero-order valence-electron chi connectivity index (χ0n) is 12.0. The van der Waals surface area contributed by atoms with Gasteiger partial charge in [-0.1, -0.05) is 6.07 Å². The second-order valence-corrected chi connectivity index (χ2v) is 6.70. The first-order valence-electron chi connectivity index (χ1n) is 6.63. The first kappa shape index (κ1) is 15.1. The van der Waals surface area contributed by atoms with E-state index in [9.17, 15) is 4.79 Å². The minimum atomic E-state index is -0.167. The molecule has 1 aliphatic rings. The quantitative estimate of drug-likeness (QED) is 0.782. The summed E-state index contributed by atoms with van der Waals surface area (Å²) in [4.78, 5) is 17.0. The third kappa shape index (κ3) is 3.34. The van der Waals surface area contributed by atoms with Crippen LogP contribution >= 0.6 is 27.7 Å². The van der Waals surface area contributed by atoms with E-state index >= 15 is 0 Å². The minimum Gasteiger partial charge on any atom is -0.450 e. The maximum atomic E-state index is 12.0. The van der Waals surface area contributed by atoms with E-state index in [-0.39, 0.29) is 5.91 Å². The van der Waals surface area contributed by atoms with Crippen molar-refractivity contribution in [1.82, 2.24) is 5.32 Å². The Morgan fingerprint density at radius 3 is 2.73 bits per heavy atom. The molecule has 0 saturated carbocycles. The molecule has 0 unspecified atom stereocenters. The van der Waals surface area contributed by atoms with Crippen molar-refractivity contribution >= 4 is 50.5 Å². The van der Waals surface area contributed by atoms with Crippen LogP contribution in [0.25, 0.3) is 6.08 Å². The summed E-state index contributed by atoms with van der Waals surface area (Å²) in [6, 6.07) is 9.54. The predicted molar refractivity (Wildman–Crippen MR) is 93.1 cm³/mol. The van der Waals surface area contributed by atoms with Crippen LogP contribution in [0.3, 0.4) is 0 Å². The van der Waals surface area contributed by atoms with E-state index in [0.29, 0.717) is 20.5 Å². The standard InChI is InChI=1S/C16H13BrN2O2S/c1-9-3-4-11(7-10(9)2)18-16-19-15(20)13(22-16)8-12-5-6-14(17)21-12/h3-8H,1-2H3,(H,18,19,20). The van der Waals surface area contributed by atoms with Gasteiger partial charge in [0.15, 0.2) is 9.84 Å². The van der Waals surface area contributed by atoms with Crippen LogP contribution in [0.2, 0.25) is 0 Å². The molecule has 1 aromatic heterocycles. The fourth-order valence-electron chi connectivity index (χ4n) is 1.93. The van der Waals surface area contributed by atoms with Crippen molar-refractivity contribution in [3.8, 4) is 0 Å². The number of hydrogen-bond donors (Lipinski definition) is 1. The number of halogens is 1. The van der Waals surface area contributed by atoms with Crippen molar-refractivity contribution in [1.29, 1.82) is 0 Å². The molecule has 0 atom stereocenters. The number of amidine groups is 1. The molecule has 1 N–H and O–H groups in total. The molecule has 0 aliphatic carbocycles. The summed E-state index contributed by atoms with van der Waals surface area (Å²) in [6.07, 6.45) is 1.70. The molecule has 1 aliphatic heterocycles. The van der Waals surface area contributed by atoms with Crippen LogP contribution in [-0.2, 0) is 4.79 Å². The maximum Gasteiger partial charge on any atom is 0.264 e. The molecule has 112 valence electrons. The van der Waals surface area contributed by atoms with Gasteiger partial charge in [-0.15, -0.1) is 0 Å². The third-order valence-electron chi connectivity index (χ3n) is 3.24. The number of furan rings is 1. The highest BCUT2D eigenvalue weighted by Crippen LogP contribution is 2.29. The summed E-state index contributed by atoms with van der Waals surface area (Å²) in [6.45, 7) is 4.10. The van der Waals surface area contributed by atoms with Gasteiger partial charge in [-0.3, -0.25) is 4.79 Å². The molecule has 0 spiro atoms. The first-order chi connectivity index (χ1) is 10.5. The molecule has 0 bridgehead atoms. The minimum absolute atomic E-state index is 0.167. The Kier molecular flexibility index (Phi) is 4.22. The number of benzene rings is 1. The number of nitrogens with one attached hydrogen (secondary N) is 1. The van der Waals surface area contributed by atoms with E-state index < -0.39 is 0 Å². The number of rotatable bonds is 2.